The first kappa shape index (κ1) is 15.6. The molecule has 2 aromatic carbocycles. The Morgan fingerprint density at radius 2 is 2.00 bits per heavy atom. The lowest BCUT2D eigenvalue weighted by atomic mass is 10.1. The van der Waals surface area contributed by atoms with Crippen LogP contribution in [0.1, 0.15) is 4.88 Å². The Bertz CT molecular complexity index is 1040. The molecule has 2 aromatic heterocycles. The molecule has 0 saturated heterocycles. The maximum absolute atomic E-state index is 13.4. The van der Waals surface area contributed by atoms with Crippen LogP contribution in [-0.2, 0) is 11.2 Å². The quantitative estimate of drug-likeness (QED) is 0.521. The van der Waals surface area contributed by atoms with Crippen LogP contribution in [0.5, 0.6) is 0 Å². The Morgan fingerprint density at radius 1 is 1.08 bits per heavy atom. The van der Waals surface area contributed by atoms with E-state index in [0.717, 1.165) is 32.7 Å². The number of rotatable bonds is 4. The maximum Gasteiger partial charge on any atom is 0.229 e. The molecular weight excluding hydrogens is 335 g/mol. The van der Waals surface area contributed by atoms with Gasteiger partial charge in [-0.1, -0.05) is 18.2 Å². The van der Waals surface area contributed by atoms with Crippen molar-refractivity contribution in [2.24, 2.45) is 0 Å². The van der Waals surface area contributed by atoms with Crippen LogP contribution < -0.4 is 5.32 Å². The van der Waals surface area contributed by atoms with Gasteiger partial charge in [-0.15, -0.1) is 11.3 Å². The van der Waals surface area contributed by atoms with Crippen LogP contribution in [0.4, 0.5) is 10.1 Å². The molecule has 0 aliphatic rings. The van der Waals surface area contributed by atoms with Gasteiger partial charge >= 0.3 is 0 Å². The molecule has 0 unspecified atom stereocenters. The van der Waals surface area contributed by atoms with Crippen LogP contribution in [0.2, 0.25) is 0 Å². The zero-order valence-corrected chi connectivity index (χ0v) is 14.1. The number of benzene rings is 2. The topological polar surface area (TPSA) is 44.9 Å². The Labute approximate surface area is 148 Å². The van der Waals surface area contributed by atoms with E-state index in [2.05, 4.69) is 10.3 Å². The maximum atomic E-state index is 13.4. The van der Waals surface area contributed by atoms with Crippen molar-refractivity contribution in [3.8, 4) is 11.3 Å². The van der Waals surface area contributed by atoms with Crippen molar-refractivity contribution in [3.05, 3.63) is 76.7 Å². The molecule has 0 radical (unpaired) electrons. The van der Waals surface area contributed by atoms with E-state index in [1.807, 2.05) is 47.8 Å². The largest absolute Gasteiger partial charge is 0.355 e. The number of H-pyrrole nitrogens is 1. The van der Waals surface area contributed by atoms with Gasteiger partial charge < -0.3 is 10.3 Å². The number of fused-ring (bicyclic) bond motifs is 1. The van der Waals surface area contributed by atoms with Crippen LogP contribution in [0.25, 0.3) is 22.2 Å². The summed E-state index contributed by atoms with van der Waals surface area (Å²) < 4.78 is 13.4. The fourth-order valence-electron chi connectivity index (χ4n) is 2.80. The third-order valence-corrected chi connectivity index (χ3v) is 4.83. The predicted molar refractivity (Wildman–Crippen MR) is 100 cm³/mol. The summed E-state index contributed by atoms with van der Waals surface area (Å²) in [7, 11) is 0. The SMILES string of the molecule is O=C(Cc1cccs1)Nc1cccc(-c2cc3cc(F)ccc3[nH]2)c1. The highest BCUT2D eigenvalue weighted by atomic mass is 32.1. The second kappa shape index (κ2) is 6.53. The molecule has 4 rings (SSSR count). The number of aromatic amines is 1. The van der Waals surface area contributed by atoms with Gasteiger partial charge in [0, 0.05) is 32.7 Å². The van der Waals surface area contributed by atoms with E-state index in [1.54, 1.807) is 17.4 Å². The molecule has 4 aromatic rings. The van der Waals surface area contributed by atoms with Crippen LogP contribution in [0.3, 0.4) is 0 Å². The molecule has 0 aliphatic carbocycles. The van der Waals surface area contributed by atoms with Crippen LogP contribution in [0, 0.1) is 5.82 Å². The fraction of sp³-hybridized carbons (Fsp3) is 0.0500. The summed E-state index contributed by atoms with van der Waals surface area (Å²) in [5.74, 6) is -0.300. The number of halogens is 1. The predicted octanol–water partition coefficient (Wildman–Crippen LogP) is 5.22. The first-order chi connectivity index (χ1) is 12.2. The summed E-state index contributed by atoms with van der Waals surface area (Å²) in [6.07, 6.45) is 0.369. The molecular formula is C20H15FN2OS. The summed E-state index contributed by atoms with van der Waals surface area (Å²) in [4.78, 5) is 16.5. The summed E-state index contributed by atoms with van der Waals surface area (Å²) in [5, 5.41) is 5.71. The molecule has 0 saturated carbocycles. The van der Waals surface area contributed by atoms with Crippen molar-refractivity contribution >= 4 is 33.8 Å². The molecule has 0 spiro atoms. The Balaban J connectivity index is 1.56. The standard InChI is InChI=1S/C20H15FN2OS/c21-15-6-7-18-14(9-15)11-19(23-18)13-3-1-4-16(10-13)22-20(24)12-17-5-2-8-25-17/h1-11,23H,12H2,(H,22,24). The van der Waals surface area contributed by atoms with Crippen molar-refractivity contribution < 1.29 is 9.18 Å². The lowest BCUT2D eigenvalue weighted by Crippen LogP contribution is -2.13. The number of aromatic nitrogens is 1. The average molecular weight is 350 g/mol. The third-order valence-electron chi connectivity index (χ3n) is 3.96. The van der Waals surface area contributed by atoms with Gasteiger partial charge in [-0.25, -0.2) is 4.39 Å². The molecule has 1 amide bonds. The average Bonchev–Trinajstić information content (AvgIpc) is 3.24. The van der Waals surface area contributed by atoms with E-state index in [1.165, 1.54) is 12.1 Å². The molecule has 0 atom stereocenters. The Kier molecular flexibility index (Phi) is 4.07. The molecule has 0 bridgehead atoms. The van der Waals surface area contributed by atoms with Gasteiger partial charge in [0.25, 0.3) is 0 Å². The zero-order valence-electron chi connectivity index (χ0n) is 13.3. The van der Waals surface area contributed by atoms with Gasteiger partial charge in [0.15, 0.2) is 0 Å². The number of carbonyl (C=O) groups is 1. The number of hydrogen-bond acceptors (Lipinski definition) is 2. The van der Waals surface area contributed by atoms with E-state index >= 15 is 0 Å². The summed E-state index contributed by atoms with van der Waals surface area (Å²) in [5.41, 5.74) is 3.44. The van der Waals surface area contributed by atoms with Crippen molar-refractivity contribution in [1.29, 1.82) is 0 Å². The number of nitrogens with one attached hydrogen (secondary N) is 2. The summed E-state index contributed by atoms with van der Waals surface area (Å²) in [6.45, 7) is 0. The third kappa shape index (κ3) is 3.46. The van der Waals surface area contributed by atoms with Crippen molar-refractivity contribution in [3.63, 3.8) is 0 Å². The van der Waals surface area contributed by atoms with E-state index < -0.39 is 0 Å². The number of carbonyl (C=O) groups excluding carboxylic acids is 1. The van der Waals surface area contributed by atoms with Gasteiger partial charge in [0.05, 0.1) is 6.42 Å². The van der Waals surface area contributed by atoms with Crippen LogP contribution in [0.15, 0.2) is 66.0 Å². The van der Waals surface area contributed by atoms with Gasteiger partial charge in [-0.2, -0.15) is 0 Å². The highest BCUT2D eigenvalue weighted by Crippen LogP contribution is 2.26. The molecule has 0 aliphatic heterocycles. The highest BCUT2D eigenvalue weighted by molar-refractivity contribution is 7.10. The second-order valence-corrected chi connectivity index (χ2v) is 6.83. The minimum Gasteiger partial charge on any atom is -0.355 e. The smallest absolute Gasteiger partial charge is 0.229 e. The number of hydrogen-bond donors (Lipinski definition) is 2. The van der Waals surface area contributed by atoms with Crippen molar-refractivity contribution in [2.45, 2.75) is 6.42 Å². The van der Waals surface area contributed by atoms with E-state index in [0.29, 0.717) is 6.42 Å². The van der Waals surface area contributed by atoms with Crippen molar-refractivity contribution in [2.75, 3.05) is 5.32 Å². The minimum absolute atomic E-state index is 0.0432. The molecule has 2 heterocycles. The first-order valence-electron chi connectivity index (χ1n) is 7.88. The zero-order chi connectivity index (χ0) is 17.2. The lowest BCUT2D eigenvalue weighted by molar-refractivity contribution is -0.115. The first-order valence-corrected chi connectivity index (χ1v) is 8.76. The Morgan fingerprint density at radius 3 is 2.84 bits per heavy atom. The van der Waals surface area contributed by atoms with Crippen LogP contribution in [-0.4, -0.2) is 10.9 Å². The molecule has 0 fully saturated rings. The summed E-state index contributed by atoms with van der Waals surface area (Å²) in [6, 6.07) is 18.1. The number of anilines is 1. The minimum atomic E-state index is -0.257. The summed E-state index contributed by atoms with van der Waals surface area (Å²) >= 11 is 1.57. The number of thiophene rings is 1. The van der Waals surface area contributed by atoms with Crippen molar-refractivity contribution in [1.82, 2.24) is 4.98 Å². The Hall–Kier alpha value is -2.92. The van der Waals surface area contributed by atoms with Gasteiger partial charge in [-0.3, -0.25) is 4.79 Å². The normalized spacial score (nSPS) is 10.9. The van der Waals surface area contributed by atoms with Gasteiger partial charge in [0.2, 0.25) is 5.91 Å². The lowest BCUT2D eigenvalue weighted by Gasteiger charge is -2.06. The monoisotopic (exact) mass is 350 g/mol. The van der Waals surface area contributed by atoms with Gasteiger partial charge in [0.1, 0.15) is 5.82 Å². The molecule has 2 N–H and O–H groups in total. The second-order valence-electron chi connectivity index (χ2n) is 5.80. The van der Waals surface area contributed by atoms with Crippen LogP contribution >= 0.6 is 11.3 Å². The fourth-order valence-corrected chi connectivity index (χ4v) is 3.50. The van der Waals surface area contributed by atoms with E-state index in [-0.39, 0.29) is 11.7 Å². The molecule has 3 nitrogen and oxygen atoms in total. The van der Waals surface area contributed by atoms with E-state index in [4.69, 9.17) is 0 Å². The number of amides is 1. The van der Waals surface area contributed by atoms with Gasteiger partial charge in [-0.05, 0) is 47.8 Å². The molecule has 25 heavy (non-hydrogen) atoms. The molecule has 124 valence electrons. The molecule has 5 heteroatoms. The highest BCUT2D eigenvalue weighted by Gasteiger charge is 2.08. The van der Waals surface area contributed by atoms with E-state index in [9.17, 15) is 9.18 Å².